The molecule has 1 aromatic heterocycles. The Morgan fingerprint density at radius 1 is 1.25 bits per heavy atom. The van der Waals surface area contributed by atoms with Crippen LogP contribution in [0, 0.1) is 0 Å². The van der Waals surface area contributed by atoms with Gasteiger partial charge in [-0.1, -0.05) is 17.7 Å². The predicted molar refractivity (Wildman–Crippen MR) is 103 cm³/mol. The monoisotopic (exact) mass is 422 g/mol. The molecule has 2 N–H and O–H groups in total. The van der Waals surface area contributed by atoms with Crippen molar-refractivity contribution in [2.75, 3.05) is 13.1 Å². The minimum atomic E-state index is -3.95. The third kappa shape index (κ3) is 4.67. The zero-order chi connectivity index (χ0) is 20.1. The smallest absolute Gasteiger partial charge is 0.243 e. The minimum absolute atomic E-state index is 0.0190. The second kappa shape index (κ2) is 8.68. The number of rotatable bonds is 6. The average Bonchev–Trinajstić information content (AvgIpc) is 2.69. The van der Waals surface area contributed by atoms with Crippen LogP contribution in [-0.2, 0) is 26.2 Å². The molecule has 1 fully saturated rings. The van der Waals surface area contributed by atoms with Crippen LogP contribution in [0.25, 0.3) is 0 Å². The molecule has 0 unspecified atom stereocenters. The first-order valence-corrected chi connectivity index (χ1v) is 10.4. The Labute approximate surface area is 168 Å². The standard InChI is InChI=1S/C18H19ClN4O4S/c19-13-4-6-15(7-5-13)28(26,27)23-10-9-21-18(25)16(23)11-17(24)22-12-14-3-1-2-8-20-14/h1-8,16H,9-12H2,(H,21,25)(H,22,24)/t16-/m1/s1. The van der Waals surface area contributed by atoms with Crippen molar-refractivity contribution in [1.82, 2.24) is 19.9 Å². The van der Waals surface area contributed by atoms with Crippen LogP contribution in [0.1, 0.15) is 12.1 Å². The fourth-order valence-corrected chi connectivity index (χ4v) is 4.57. The van der Waals surface area contributed by atoms with Gasteiger partial charge in [0.1, 0.15) is 6.04 Å². The molecule has 0 radical (unpaired) electrons. The summed E-state index contributed by atoms with van der Waals surface area (Å²) in [7, 11) is -3.95. The molecular weight excluding hydrogens is 404 g/mol. The average molecular weight is 423 g/mol. The lowest BCUT2D eigenvalue weighted by molar-refractivity contribution is -0.131. The Bertz CT molecular complexity index is 951. The maximum atomic E-state index is 13.0. The van der Waals surface area contributed by atoms with Gasteiger partial charge >= 0.3 is 0 Å². The predicted octanol–water partition coefficient (Wildman–Crippen LogP) is 0.931. The molecule has 8 nitrogen and oxygen atoms in total. The van der Waals surface area contributed by atoms with E-state index in [1.165, 1.54) is 24.3 Å². The van der Waals surface area contributed by atoms with E-state index in [4.69, 9.17) is 11.6 Å². The number of hydrogen-bond donors (Lipinski definition) is 2. The molecule has 0 spiro atoms. The van der Waals surface area contributed by atoms with Gasteiger partial charge in [0.05, 0.1) is 23.6 Å². The van der Waals surface area contributed by atoms with Gasteiger partial charge in [-0.05, 0) is 36.4 Å². The van der Waals surface area contributed by atoms with Gasteiger partial charge in [-0.2, -0.15) is 4.31 Å². The summed E-state index contributed by atoms with van der Waals surface area (Å²) >= 11 is 5.82. The summed E-state index contributed by atoms with van der Waals surface area (Å²) in [4.78, 5) is 28.8. The van der Waals surface area contributed by atoms with Crippen molar-refractivity contribution in [3.8, 4) is 0 Å². The molecule has 2 amide bonds. The highest BCUT2D eigenvalue weighted by molar-refractivity contribution is 7.89. The third-order valence-electron chi connectivity index (χ3n) is 4.27. The molecule has 2 aromatic rings. The molecule has 0 aliphatic carbocycles. The summed E-state index contributed by atoms with van der Waals surface area (Å²) < 4.78 is 27.0. The number of nitrogens with one attached hydrogen (secondary N) is 2. The van der Waals surface area contributed by atoms with Gasteiger partial charge in [0.2, 0.25) is 21.8 Å². The van der Waals surface area contributed by atoms with Crippen molar-refractivity contribution in [3.05, 3.63) is 59.4 Å². The van der Waals surface area contributed by atoms with Crippen LogP contribution < -0.4 is 10.6 Å². The second-order valence-corrected chi connectivity index (χ2v) is 8.51. The molecule has 1 atom stereocenters. The fourth-order valence-electron chi connectivity index (χ4n) is 2.86. The van der Waals surface area contributed by atoms with Crippen LogP contribution in [0.2, 0.25) is 5.02 Å². The first kappa shape index (κ1) is 20.2. The number of sulfonamides is 1. The van der Waals surface area contributed by atoms with E-state index in [0.29, 0.717) is 10.7 Å². The zero-order valence-corrected chi connectivity index (χ0v) is 16.4. The van der Waals surface area contributed by atoms with Gasteiger partial charge in [0, 0.05) is 24.3 Å². The number of aromatic nitrogens is 1. The topological polar surface area (TPSA) is 108 Å². The van der Waals surface area contributed by atoms with Crippen LogP contribution >= 0.6 is 11.6 Å². The maximum absolute atomic E-state index is 13.0. The number of amides is 2. The summed E-state index contributed by atoms with van der Waals surface area (Å²) in [6, 6.07) is 9.87. The summed E-state index contributed by atoms with van der Waals surface area (Å²) in [5.41, 5.74) is 0.662. The maximum Gasteiger partial charge on any atom is 0.243 e. The fraction of sp³-hybridized carbons (Fsp3) is 0.278. The number of pyridine rings is 1. The number of hydrogen-bond acceptors (Lipinski definition) is 5. The molecule has 3 rings (SSSR count). The highest BCUT2D eigenvalue weighted by Gasteiger charge is 2.39. The number of nitrogens with zero attached hydrogens (tertiary/aromatic N) is 2. The van der Waals surface area contributed by atoms with Gasteiger partial charge < -0.3 is 10.6 Å². The van der Waals surface area contributed by atoms with Gasteiger partial charge in [-0.15, -0.1) is 0 Å². The number of piperazine rings is 1. The largest absolute Gasteiger partial charge is 0.353 e. The molecule has 1 aliphatic heterocycles. The van der Waals surface area contributed by atoms with E-state index in [2.05, 4.69) is 15.6 Å². The first-order chi connectivity index (χ1) is 13.4. The SMILES string of the molecule is O=C(C[C@@H]1C(=O)NCCN1S(=O)(=O)c1ccc(Cl)cc1)NCc1ccccn1. The second-order valence-electron chi connectivity index (χ2n) is 6.18. The zero-order valence-electron chi connectivity index (χ0n) is 14.8. The Kier molecular flexibility index (Phi) is 6.28. The lowest BCUT2D eigenvalue weighted by Gasteiger charge is -2.33. The van der Waals surface area contributed by atoms with Crippen LogP contribution in [0.4, 0.5) is 0 Å². The quantitative estimate of drug-likeness (QED) is 0.719. The highest BCUT2D eigenvalue weighted by Crippen LogP contribution is 2.23. The Morgan fingerprint density at radius 2 is 2.00 bits per heavy atom. The van der Waals surface area contributed by atoms with E-state index in [1.807, 2.05) is 0 Å². The van der Waals surface area contributed by atoms with E-state index in [9.17, 15) is 18.0 Å². The summed E-state index contributed by atoms with van der Waals surface area (Å²) in [5, 5.41) is 5.68. The van der Waals surface area contributed by atoms with E-state index < -0.39 is 27.9 Å². The van der Waals surface area contributed by atoms with Crippen molar-refractivity contribution in [1.29, 1.82) is 0 Å². The van der Waals surface area contributed by atoms with Crippen molar-refractivity contribution in [2.24, 2.45) is 0 Å². The molecule has 1 saturated heterocycles. The van der Waals surface area contributed by atoms with Crippen molar-refractivity contribution < 1.29 is 18.0 Å². The molecule has 2 heterocycles. The Morgan fingerprint density at radius 3 is 2.68 bits per heavy atom. The van der Waals surface area contributed by atoms with Crippen LogP contribution in [0.15, 0.2) is 53.6 Å². The van der Waals surface area contributed by atoms with Gasteiger partial charge in [0.25, 0.3) is 0 Å². The Hall–Kier alpha value is -2.49. The molecule has 148 valence electrons. The molecule has 0 bridgehead atoms. The van der Waals surface area contributed by atoms with Crippen molar-refractivity contribution >= 4 is 33.4 Å². The first-order valence-electron chi connectivity index (χ1n) is 8.59. The molecule has 28 heavy (non-hydrogen) atoms. The number of carbonyl (C=O) groups is 2. The molecule has 1 aliphatic rings. The number of carbonyl (C=O) groups excluding carboxylic acids is 2. The van der Waals surface area contributed by atoms with E-state index in [-0.39, 0.29) is 31.0 Å². The van der Waals surface area contributed by atoms with E-state index in [1.54, 1.807) is 24.4 Å². The van der Waals surface area contributed by atoms with E-state index >= 15 is 0 Å². The lowest BCUT2D eigenvalue weighted by atomic mass is 10.1. The normalized spacial score (nSPS) is 17.8. The summed E-state index contributed by atoms with van der Waals surface area (Å²) in [6.45, 7) is 0.449. The number of halogens is 1. The summed E-state index contributed by atoms with van der Waals surface area (Å²) in [5.74, 6) is -0.944. The molecule has 1 aromatic carbocycles. The Balaban J connectivity index is 1.74. The van der Waals surface area contributed by atoms with Crippen molar-refractivity contribution in [2.45, 2.75) is 23.9 Å². The van der Waals surface area contributed by atoms with E-state index in [0.717, 1.165) is 4.31 Å². The van der Waals surface area contributed by atoms with Crippen LogP contribution in [-0.4, -0.2) is 48.7 Å². The minimum Gasteiger partial charge on any atom is -0.353 e. The molecular formula is C18H19ClN4O4S. The van der Waals surface area contributed by atoms with Crippen LogP contribution in [0.3, 0.4) is 0 Å². The number of benzene rings is 1. The molecule has 10 heteroatoms. The van der Waals surface area contributed by atoms with Gasteiger partial charge in [0.15, 0.2) is 0 Å². The van der Waals surface area contributed by atoms with Gasteiger partial charge in [-0.25, -0.2) is 8.42 Å². The van der Waals surface area contributed by atoms with Crippen LogP contribution in [0.5, 0.6) is 0 Å². The van der Waals surface area contributed by atoms with Gasteiger partial charge in [-0.3, -0.25) is 14.6 Å². The summed E-state index contributed by atoms with van der Waals surface area (Å²) in [6.07, 6.45) is 1.32. The third-order valence-corrected chi connectivity index (χ3v) is 6.45. The van der Waals surface area contributed by atoms with Crippen molar-refractivity contribution in [3.63, 3.8) is 0 Å². The molecule has 0 saturated carbocycles. The highest BCUT2D eigenvalue weighted by atomic mass is 35.5. The lowest BCUT2D eigenvalue weighted by Crippen LogP contribution is -2.58.